The maximum absolute atomic E-state index is 11.5. The van der Waals surface area contributed by atoms with Crippen molar-refractivity contribution >= 4 is 29.3 Å². The average molecular weight is 255 g/mol. The van der Waals surface area contributed by atoms with Crippen LogP contribution in [0.2, 0.25) is 5.02 Å². The van der Waals surface area contributed by atoms with E-state index in [4.69, 9.17) is 16.3 Å². The lowest BCUT2D eigenvalue weighted by molar-refractivity contribution is -0.119. The summed E-state index contributed by atoms with van der Waals surface area (Å²) in [6.07, 6.45) is -0.819. The molecular formula is C11H11ClN2O3. The molecular weight excluding hydrogens is 244 g/mol. The highest BCUT2D eigenvalue weighted by atomic mass is 35.5. The summed E-state index contributed by atoms with van der Waals surface area (Å²) < 4.78 is 5.05. The van der Waals surface area contributed by atoms with E-state index in [0.717, 1.165) is 0 Å². The minimum absolute atomic E-state index is 0.111. The number of carbonyl (C=O) groups excluding carboxylic acids is 2. The van der Waals surface area contributed by atoms with Crippen molar-refractivity contribution in [2.75, 3.05) is 11.9 Å². The van der Waals surface area contributed by atoms with Crippen LogP contribution in [0.3, 0.4) is 0 Å². The van der Waals surface area contributed by atoms with Gasteiger partial charge in [-0.05, 0) is 12.1 Å². The summed E-state index contributed by atoms with van der Waals surface area (Å²) in [4.78, 5) is 22.4. The normalized spacial score (nSPS) is 18.6. The first-order chi connectivity index (χ1) is 8.15. The van der Waals surface area contributed by atoms with Gasteiger partial charge in [-0.25, -0.2) is 4.79 Å². The van der Waals surface area contributed by atoms with Crippen molar-refractivity contribution in [3.63, 3.8) is 0 Å². The SMILES string of the molecule is O=C1CC(OC(=O)Nc2ccccc2Cl)CN1. The molecule has 1 unspecified atom stereocenters. The molecule has 2 rings (SSSR count). The van der Waals surface area contributed by atoms with Crippen LogP contribution in [-0.4, -0.2) is 24.6 Å². The summed E-state index contributed by atoms with van der Waals surface area (Å²) >= 11 is 5.87. The van der Waals surface area contributed by atoms with Crippen LogP contribution in [0.5, 0.6) is 0 Å². The fourth-order valence-corrected chi connectivity index (χ4v) is 1.70. The maximum Gasteiger partial charge on any atom is 0.412 e. The molecule has 2 N–H and O–H groups in total. The van der Waals surface area contributed by atoms with Crippen LogP contribution in [-0.2, 0) is 9.53 Å². The highest BCUT2D eigenvalue weighted by Crippen LogP contribution is 2.20. The Morgan fingerprint density at radius 2 is 2.24 bits per heavy atom. The molecule has 1 aliphatic heterocycles. The summed E-state index contributed by atoms with van der Waals surface area (Å²) in [5, 5.41) is 5.54. The Bertz CT molecular complexity index is 450. The van der Waals surface area contributed by atoms with E-state index >= 15 is 0 Å². The van der Waals surface area contributed by atoms with E-state index in [0.29, 0.717) is 17.3 Å². The Balaban J connectivity index is 1.89. The highest BCUT2D eigenvalue weighted by Gasteiger charge is 2.24. The zero-order chi connectivity index (χ0) is 12.3. The minimum Gasteiger partial charge on any atom is -0.444 e. The van der Waals surface area contributed by atoms with Crippen molar-refractivity contribution in [3.05, 3.63) is 29.3 Å². The van der Waals surface area contributed by atoms with Crippen LogP contribution >= 0.6 is 11.6 Å². The van der Waals surface area contributed by atoms with Crippen molar-refractivity contribution in [1.29, 1.82) is 0 Å². The number of hydrogen-bond donors (Lipinski definition) is 2. The molecule has 0 saturated carbocycles. The molecule has 1 aliphatic rings. The largest absolute Gasteiger partial charge is 0.444 e. The lowest BCUT2D eigenvalue weighted by Crippen LogP contribution is -2.24. The predicted molar refractivity (Wildman–Crippen MR) is 63.0 cm³/mol. The number of rotatable bonds is 2. The van der Waals surface area contributed by atoms with Gasteiger partial charge in [-0.15, -0.1) is 0 Å². The molecule has 0 radical (unpaired) electrons. The third-order valence-corrected chi connectivity index (χ3v) is 2.65. The van der Waals surface area contributed by atoms with Gasteiger partial charge in [-0.1, -0.05) is 23.7 Å². The zero-order valence-electron chi connectivity index (χ0n) is 8.90. The molecule has 2 amide bonds. The summed E-state index contributed by atoms with van der Waals surface area (Å²) in [7, 11) is 0. The van der Waals surface area contributed by atoms with Crippen LogP contribution in [0.15, 0.2) is 24.3 Å². The van der Waals surface area contributed by atoms with E-state index in [1.165, 1.54) is 0 Å². The number of ether oxygens (including phenoxy) is 1. The summed E-state index contributed by atoms with van der Waals surface area (Å²) in [6.45, 7) is 0.356. The van der Waals surface area contributed by atoms with E-state index < -0.39 is 12.2 Å². The number of benzene rings is 1. The molecule has 90 valence electrons. The Kier molecular flexibility index (Phi) is 3.49. The van der Waals surface area contributed by atoms with E-state index in [9.17, 15) is 9.59 Å². The van der Waals surface area contributed by atoms with E-state index in [2.05, 4.69) is 10.6 Å². The molecule has 1 aromatic rings. The van der Waals surface area contributed by atoms with Gasteiger partial charge in [-0.2, -0.15) is 0 Å². The zero-order valence-corrected chi connectivity index (χ0v) is 9.66. The monoisotopic (exact) mass is 254 g/mol. The van der Waals surface area contributed by atoms with E-state index in [1.54, 1.807) is 24.3 Å². The number of hydrogen-bond acceptors (Lipinski definition) is 3. The van der Waals surface area contributed by atoms with Crippen molar-refractivity contribution in [1.82, 2.24) is 5.32 Å². The number of amides is 2. The molecule has 1 aromatic carbocycles. The van der Waals surface area contributed by atoms with Gasteiger partial charge in [0.25, 0.3) is 0 Å². The topological polar surface area (TPSA) is 67.4 Å². The van der Waals surface area contributed by atoms with E-state index in [-0.39, 0.29) is 12.3 Å². The van der Waals surface area contributed by atoms with Gasteiger partial charge in [0.1, 0.15) is 6.10 Å². The number of carbonyl (C=O) groups is 2. The van der Waals surface area contributed by atoms with Gasteiger partial charge in [0, 0.05) is 0 Å². The van der Waals surface area contributed by atoms with Gasteiger partial charge < -0.3 is 10.1 Å². The molecule has 17 heavy (non-hydrogen) atoms. The highest BCUT2D eigenvalue weighted by molar-refractivity contribution is 6.33. The Labute approximate surface area is 103 Å². The number of halogens is 1. The molecule has 1 heterocycles. The van der Waals surface area contributed by atoms with Gasteiger partial charge in [0.05, 0.1) is 23.7 Å². The molecule has 0 bridgehead atoms. The van der Waals surface area contributed by atoms with Gasteiger partial charge in [0.15, 0.2) is 0 Å². The molecule has 0 aromatic heterocycles. The third-order valence-electron chi connectivity index (χ3n) is 2.32. The molecule has 1 saturated heterocycles. The van der Waals surface area contributed by atoms with Crippen LogP contribution in [0.1, 0.15) is 6.42 Å². The summed E-state index contributed by atoms with van der Waals surface area (Å²) in [5.74, 6) is -0.111. The molecule has 0 aliphatic carbocycles. The molecule has 1 atom stereocenters. The fourth-order valence-electron chi connectivity index (χ4n) is 1.52. The summed E-state index contributed by atoms with van der Waals surface area (Å²) in [5.41, 5.74) is 0.483. The maximum atomic E-state index is 11.5. The van der Waals surface area contributed by atoms with Crippen LogP contribution in [0, 0.1) is 0 Å². The number of para-hydroxylation sites is 1. The molecule has 0 spiro atoms. The quantitative estimate of drug-likeness (QED) is 0.845. The summed E-state index contributed by atoms with van der Waals surface area (Å²) in [6, 6.07) is 6.85. The molecule has 6 heteroatoms. The second kappa shape index (κ2) is 5.05. The minimum atomic E-state index is -0.611. The Morgan fingerprint density at radius 1 is 1.47 bits per heavy atom. The molecule has 1 fully saturated rings. The Hall–Kier alpha value is -1.75. The van der Waals surface area contributed by atoms with E-state index in [1.807, 2.05) is 0 Å². The fraction of sp³-hybridized carbons (Fsp3) is 0.273. The second-order valence-electron chi connectivity index (χ2n) is 3.64. The van der Waals surface area contributed by atoms with Crippen molar-refractivity contribution in [2.45, 2.75) is 12.5 Å². The van der Waals surface area contributed by atoms with Crippen LogP contribution in [0.4, 0.5) is 10.5 Å². The van der Waals surface area contributed by atoms with Crippen molar-refractivity contribution in [2.24, 2.45) is 0 Å². The predicted octanol–water partition coefficient (Wildman–Crippen LogP) is 1.78. The third kappa shape index (κ3) is 3.10. The average Bonchev–Trinajstić information content (AvgIpc) is 2.67. The first-order valence-corrected chi connectivity index (χ1v) is 5.52. The number of anilines is 1. The Morgan fingerprint density at radius 3 is 2.88 bits per heavy atom. The number of nitrogens with one attached hydrogen (secondary N) is 2. The van der Waals surface area contributed by atoms with Crippen molar-refractivity contribution in [3.8, 4) is 0 Å². The molecule has 5 nitrogen and oxygen atoms in total. The lowest BCUT2D eigenvalue weighted by atomic mass is 10.3. The van der Waals surface area contributed by atoms with Crippen LogP contribution in [0.25, 0.3) is 0 Å². The van der Waals surface area contributed by atoms with Crippen LogP contribution < -0.4 is 10.6 Å². The second-order valence-corrected chi connectivity index (χ2v) is 4.05. The van der Waals surface area contributed by atoms with Gasteiger partial charge in [0.2, 0.25) is 5.91 Å². The first kappa shape index (κ1) is 11.7. The van der Waals surface area contributed by atoms with Gasteiger partial charge >= 0.3 is 6.09 Å². The first-order valence-electron chi connectivity index (χ1n) is 5.14. The van der Waals surface area contributed by atoms with Gasteiger partial charge in [-0.3, -0.25) is 10.1 Å². The van der Waals surface area contributed by atoms with Crippen molar-refractivity contribution < 1.29 is 14.3 Å². The smallest absolute Gasteiger partial charge is 0.412 e. The lowest BCUT2D eigenvalue weighted by Gasteiger charge is -2.11. The standard InChI is InChI=1S/C11H11ClN2O3/c12-8-3-1-2-4-9(8)14-11(16)17-7-5-10(15)13-6-7/h1-4,7H,5-6H2,(H,13,15)(H,14,16).